The number of nitrogen functional groups attached to an aromatic ring is 1. The standard InChI is InChI=1S/C25H29N7O3S/c1-15(2)32(25(35)27-3)30-14-20(33)31-19(30)13-29(23(34)22(31)16-8-5-4-6-9-16)12-17-10-7-11-18-21(17)28-24(26)36-18/h4-11,15,19,22H,12-14H2,1-3H3,(H2,26,28)(H,27,35)/t19-,22+/m1/s1. The van der Waals surface area contributed by atoms with Gasteiger partial charge in [-0.05, 0) is 31.0 Å². The highest BCUT2D eigenvalue weighted by Crippen LogP contribution is 2.37. The Morgan fingerprint density at radius 1 is 1.19 bits per heavy atom. The molecular formula is C25H29N7O3S. The van der Waals surface area contributed by atoms with Crippen LogP contribution in [0, 0.1) is 0 Å². The first kappa shape index (κ1) is 24.0. The van der Waals surface area contributed by atoms with Crippen molar-refractivity contribution in [2.45, 2.75) is 38.6 Å². The number of urea groups is 1. The number of benzene rings is 2. The molecular weight excluding hydrogens is 478 g/mol. The van der Waals surface area contributed by atoms with E-state index in [1.165, 1.54) is 11.3 Å². The van der Waals surface area contributed by atoms with E-state index in [0.717, 1.165) is 21.3 Å². The van der Waals surface area contributed by atoms with Gasteiger partial charge in [0.1, 0.15) is 12.2 Å². The molecule has 0 unspecified atom stereocenters. The number of para-hydroxylation sites is 1. The number of aromatic nitrogens is 1. The number of thiazole rings is 1. The molecule has 2 fully saturated rings. The molecule has 3 heterocycles. The van der Waals surface area contributed by atoms with E-state index in [2.05, 4.69) is 10.3 Å². The van der Waals surface area contributed by atoms with Gasteiger partial charge in [-0.1, -0.05) is 53.8 Å². The fourth-order valence-electron chi connectivity index (χ4n) is 5.13. The van der Waals surface area contributed by atoms with Crippen molar-refractivity contribution in [1.29, 1.82) is 0 Å². The third kappa shape index (κ3) is 4.03. The van der Waals surface area contributed by atoms with Crippen molar-refractivity contribution >= 4 is 44.5 Å². The molecule has 2 aromatic carbocycles. The summed E-state index contributed by atoms with van der Waals surface area (Å²) in [6.07, 6.45) is -0.500. The maximum Gasteiger partial charge on any atom is 0.331 e. The van der Waals surface area contributed by atoms with E-state index in [1.807, 2.05) is 62.4 Å². The maximum absolute atomic E-state index is 13.9. The van der Waals surface area contributed by atoms with Crippen molar-refractivity contribution in [2.24, 2.45) is 0 Å². The number of hydrogen-bond acceptors (Lipinski definition) is 7. The number of rotatable bonds is 5. The molecule has 2 saturated heterocycles. The van der Waals surface area contributed by atoms with E-state index in [9.17, 15) is 14.4 Å². The van der Waals surface area contributed by atoms with Crippen molar-refractivity contribution in [1.82, 2.24) is 30.1 Å². The quantitative estimate of drug-likeness (QED) is 0.548. The van der Waals surface area contributed by atoms with E-state index in [1.54, 1.807) is 26.9 Å². The lowest BCUT2D eigenvalue weighted by Crippen LogP contribution is -2.63. The normalized spacial score (nSPS) is 20.3. The van der Waals surface area contributed by atoms with Gasteiger partial charge in [-0.2, -0.15) is 5.01 Å². The van der Waals surface area contributed by atoms with Crippen LogP contribution in [-0.2, 0) is 16.1 Å². The summed E-state index contributed by atoms with van der Waals surface area (Å²) < 4.78 is 0.957. The second-order valence-corrected chi connectivity index (χ2v) is 10.3. The predicted molar refractivity (Wildman–Crippen MR) is 137 cm³/mol. The minimum absolute atomic E-state index is 0.0128. The van der Waals surface area contributed by atoms with Gasteiger partial charge in [0, 0.05) is 19.6 Å². The summed E-state index contributed by atoms with van der Waals surface area (Å²) in [7, 11) is 1.57. The van der Waals surface area contributed by atoms with Crippen molar-refractivity contribution in [3.63, 3.8) is 0 Å². The molecule has 3 N–H and O–H groups in total. The summed E-state index contributed by atoms with van der Waals surface area (Å²) in [5, 5.41) is 6.50. The topological polar surface area (TPSA) is 115 Å². The van der Waals surface area contributed by atoms with Crippen LogP contribution in [0.3, 0.4) is 0 Å². The highest BCUT2D eigenvalue weighted by atomic mass is 32.1. The van der Waals surface area contributed by atoms with E-state index in [0.29, 0.717) is 11.7 Å². The summed E-state index contributed by atoms with van der Waals surface area (Å²) in [4.78, 5) is 48.0. The zero-order chi connectivity index (χ0) is 25.6. The molecule has 3 aromatic rings. The van der Waals surface area contributed by atoms with Gasteiger partial charge in [0.2, 0.25) is 5.91 Å². The van der Waals surface area contributed by atoms with Crippen LogP contribution in [0.5, 0.6) is 0 Å². The Bertz CT molecular complexity index is 1310. The van der Waals surface area contributed by atoms with E-state index in [4.69, 9.17) is 5.73 Å². The number of anilines is 1. The Morgan fingerprint density at radius 3 is 2.64 bits per heavy atom. The first-order valence-corrected chi connectivity index (χ1v) is 12.7. The molecule has 0 spiro atoms. The minimum atomic E-state index is -0.791. The van der Waals surface area contributed by atoms with Crippen molar-refractivity contribution < 1.29 is 14.4 Å². The van der Waals surface area contributed by atoms with Gasteiger partial charge in [-0.25, -0.2) is 9.78 Å². The lowest BCUT2D eigenvalue weighted by molar-refractivity contribution is -0.159. The molecule has 1 aromatic heterocycles. The third-order valence-corrected chi connectivity index (χ3v) is 7.49. The molecule has 2 aliphatic rings. The van der Waals surface area contributed by atoms with Crippen LogP contribution in [0.4, 0.5) is 9.93 Å². The first-order valence-electron chi connectivity index (χ1n) is 11.9. The molecule has 0 bridgehead atoms. The van der Waals surface area contributed by atoms with Crippen molar-refractivity contribution in [3.05, 3.63) is 59.7 Å². The summed E-state index contributed by atoms with van der Waals surface area (Å²) >= 11 is 1.41. The summed E-state index contributed by atoms with van der Waals surface area (Å²) in [5.41, 5.74) is 8.36. The number of piperazine rings is 1. The van der Waals surface area contributed by atoms with Gasteiger partial charge >= 0.3 is 6.03 Å². The lowest BCUT2D eigenvalue weighted by Gasteiger charge is -2.47. The lowest BCUT2D eigenvalue weighted by atomic mass is 10.00. The molecule has 0 aliphatic carbocycles. The fourth-order valence-corrected chi connectivity index (χ4v) is 5.91. The Balaban J connectivity index is 1.56. The van der Waals surface area contributed by atoms with E-state index >= 15 is 0 Å². The second-order valence-electron chi connectivity index (χ2n) is 9.22. The summed E-state index contributed by atoms with van der Waals surface area (Å²) in [5.74, 6) is -0.352. The Labute approximate surface area is 213 Å². The van der Waals surface area contributed by atoms with Crippen molar-refractivity contribution in [2.75, 3.05) is 25.9 Å². The number of fused-ring (bicyclic) bond motifs is 2. The Kier molecular flexibility index (Phi) is 6.27. The summed E-state index contributed by atoms with van der Waals surface area (Å²) in [6, 6.07) is 13.9. The molecule has 2 atom stereocenters. The van der Waals surface area contributed by atoms with E-state index in [-0.39, 0.29) is 37.0 Å². The van der Waals surface area contributed by atoms with Crippen LogP contribution < -0.4 is 11.1 Å². The number of carbonyl (C=O) groups is 3. The SMILES string of the molecule is CNC(=O)N(C(C)C)N1CC(=O)N2[C@@H](c3ccccc3)C(=O)N(Cc3cccc4sc(N)nc34)C[C@@H]21. The van der Waals surface area contributed by atoms with Crippen LogP contribution in [0.2, 0.25) is 0 Å². The number of nitrogens with one attached hydrogen (secondary N) is 1. The average Bonchev–Trinajstić information content (AvgIpc) is 3.39. The number of nitrogens with zero attached hydrogens (tertiary/aromatic N) is 5. The monoisotopic (exact) mass is 507 g/mol. The molecule has 2 aliphatic heterocycles. The number of hydrazine groups is 1. The largest absolute Gasteiger partial charge is 0.375 e. The zero-order valence-electron chi connectivity index (χ0n) is 20.4. The van der Waals surface area contributed by atoms with Crippen LogP contribution in [0.1, 0.15) is 31.0 Å². The smallest absolute Gasteiger partial charge is 0.331 e. The van der Waals surface area contributed by atoms with Gasteiger partial charge in [-0.3, -0.25) is 14.6 Å². The van der Waals surface area contributed by atoms with Gasteiger partial charge in [0.05, 0.1) is 23.3 Å². The van der Waals surface area contributed by atoms with Crippen molar-refractivity contribution in [3.8, 4) is 0 Å². The number of hydrogen-bond donors (Lipinski definition) is 2. The number of amides is 4. The Hall–Kier alpha value is -3.70. The second kappa shape index (κ2) is 9.40. The Morgan fingerprint density at radius 2 is 1.94 bits per heavy atom. The van der Waals surface area contributed by atoms with Gasteiger partial charge < -0.3 is 20.9 Å². The molecule has 11 heteroatoms. The van der Waals surface area contributed by atoms with E-state index < -0.39 is 12.2 Å². The van der Waals surface area contributed by atoms with Crippen LogP contribution in [0.15, 0.2) is 48.5 Å². The van der Waals surface area contributed by atoms with Gasteiger partial charge in [0.15, 0.2) is 5.13 Å². The highest BCUT2D eigenvalue weighted by molar-refractivity contribution is 7.22. The number of carbonyl (C=O) groups excluding carboxylic acids is 3. The average molecular weight is 508 g/mol. The third-order valence-electron chi connectivity index (χ3n) is 6.64. The van der Waals surface area contributed by atoms with Gasteiger partial charge in [-0.15, -0.1) is 0 Å². The number of nitrogens with two attached hydrogens (primary N) is 1. The summed E-state index contributed by atoms with van der Waals surface area (Å²) in [6.45, 7) is 4.38. The molecule has 5 rings (SSSR count). The highest BCUT2D eigenvalue weighted by Gasteiger charge is 2.53. The molecule has 4 amide bonds. The first-order chi connectivity index (χ1) is 17.3. The van der Waals surface area contributed by atoms with Crippen LogP contribution in [0.25, 0.3) is 10.2 Å². The zero-order valence-corrected chi connectivity index (χ0v) is 21.2. The fraction of sp³-hybridized carbons (Fsp3) is 0.360. The minimum Gasteiger partial charge on any atom is -0.375 e. The predicted octanol–water partition coefficient (Wildman–Crippen LogP) is 2.40. The van der Waals surface area contributed by atoms with Crippen LogP contribution >= 0.6 is 11.3 Å². The molecule has 0 saturated carbocycles. The molecule has 10 nitrogen and oxygen atoms in total. The molecule has 0 radical (unpaired) electrons. The van der Waals surface area contributed by atoms with Crippen LogP contribution in [-0.4, -0.2) is 75.0 Å². The molecule has 188 valence electrons. The molecule has 36 heavy (non-hydrogen) atoms. The maximum atomic E-state index is 13.9. The van der Waals surface area contributed by atoms with Gasteiger partial charge in [0.25, 0.3) is 5.91 Å².